The number of hydrogen-bond donors (Lipinski definition) is 2. The van der Waals surface area contributed by atoms with Crippen LogP contribution in [0.3, 0.4) is 0 Å². The number of aryl methyl sites for hydroxylation is 1. The molecule has 0 saturated heterocycles. The highest BCUT2D eigenvalue weighted by Gasteiger charge is 2.38. The first-order chi connectivity index (χ1) is 9.52. The molecule has 20 heavy (non-hydrogen) atoms. The number of nitrogens with one attached hydrogen (secondary N) is 2. The quantitative estimate of drug-likeness (QED) is 0.856. The van der Waals surface area contributed by atoms with Crippen LogP contribution in [0.4, 0.5) is 5.82 Å². The summed E-state index contributed by atoms with van der Waals surface area (Å²) in [6.07, 6.45) is 3.69. The highest BCUT2D eigenvalue weighted by molar-refractivity contribution is 5.49. The highest BCUT2D eigenvalue weighted by Crippen LogP contribution is 2.36. The fourth-order valence-corrected chi connectivity index (χ4v) is 2.81. The smallest absolute Gasteiger partial charge is 0.349 e. The van der Waals surface area contributed by atoms with Crippen LogP contribution in [-0.2, 0) is 0 Å². The van der Waals surface area contributed by atoms with Gasteiger partial charge >= 0.3 is 5.69 Å². The first kappa shape index (κ1) is 13.1. The molecule has 0 radical (unpaired) electrons. The second kappa shape index (κ2) is 4.59. The van der Waals surface area contributed by atoms with Crippen molar-refractivity contribution in [1.29, 1.82) is 0 Å². The zero-order valence-electron chi connectivity index (χ0n) is 12.1. The van der Waals surface area contributed by atoms with Gasteiger partial charge in [0.1, 0.15) is 11.6 Å². The molecule has 2 aromatic rings. The molecular formula is C13H20N6O. The molecule has 0 spiro atoms. The Bertz CT molecular complexity index is 682. The molecule has 2 heterocycles. The van der Waals surface area contributed by atoms with Crippen molar-refractivity contribution in [2.75, 3.05) is 26.0 Å². The van der Waals surface area contributed by atoms with Crippen LogP contribution in [0.15, 0.2) is 10.9 Å². The van der Waals surface area contributed by atoms with Crippen molar-refractivity contribution in [3.05, 3.63) is 22.4 Å². The summed E-state index contributed by atoms with van der Waals surface area (Å²) in [7, 11) is 4.24. The molecule has 2 N–H and O–H groups in total. The molecule has 0 bridgehead atoms. The molecule has 2 aromatic heterocycles. The SMILES string of the molecule is Cc1nc(NCC2(N(C)C)CCC2)cc2n[nH]c(=O)n12. The Balaban J connectivity index is 1.83. The number of hydrogen-bond acceptors (Lipinski definition) is 5. The van der Waals surface area contributed by atoms with E-state index in [0.717, 1.165) is 12.4 Å². The van der Waals surface area contributed by atoms with E-state index >= 15 is 0 Å². The Morgan fingerprint density at radius 3 is 2.85 bits per heavy atom. The van der Waals surface area contributed by atoms with Crippen molar-refractivity contribution < 1.29 is 0 Å². The summed E-state index contributed by atoms with van der Waals surface area (Å²) in [6, 6.07) is 1.80. The lowest BCUT2D eigenvalue weighted by Crippen LogP contribution is -2.54. The van der Waals surface area contributed by atoms with Gasteiger partial charge in [-0.05, 0) is 40.3 Å². The average molecular weight is 276 g/mol. The molecule has 108 valence electrons. The van der Waals surface area contributed by atoms with Crippen LogP contribution in [0.1, 0.15) is 25.1 Å². The first-order valence-electron chi connectivity index (χ1n) is 6.88. The van der Waals surface area contributed by atoms with Crippen molar-refractivity contribution in [2.24, 2.45) is 0 Å². The lowest BCUT2D eigenvalue weighted by atomic mass is 9.75. The molecule has 0 atom stereocenters. The predicted molar refractivity (Wildman–Crippen MR) is 77.1 cm³/mol. The molecule has 7 heteroatoms. The maximum Gasteiger partial charge on any atom is 0.349 e. The van der Waals surface area contributed by atoms with E-state index in [1.54, 1.807) is 13.0 Å². The van der Waals surface area contributed by atoms with Gasteiger partial charge in [0.15, 0.2) is 5.65 Å². The largest absolute Gasteiger partial charge is 0.368 e. The normalized spacial score (nSPS) is 17.4. The molecule has 3 rings (SSSR count). The maximum atomic E-state index is 11.6. The molecule has 1 aliphatic carbocycles. The average Bonchev–Trinajstić information content (AvgIpc) is 2.69. The molecule has 0 unspecified atom stereocenters. The van der Waals surface area contributed by atoms with Gasteiger partial charge in [0.05, 0.1) is 0 Å². The van der Waals surface area contributed by atoms with Crippen LogP contribution in [0.5, 0.6) is 0 Å². The Morgan fingerprint density at radius 2 is 2.25 bits per heavy atom. The van der Waals surface area contributed by atoms with Gasteiger partial charge in [0.25, 0.3) is 0 Å². The van der Waals surface area contributed by atoms with E-state index in [4.69, 9.17) is 0 Å². The van der Waals surface area contributed by atoms with Gasteiger partial charge in [0.2, 0.25) is 0 Å². The second-order valence-corrected chi connectivity index (χ2v) is 5.74. The van der Waals surface area contributed by atoms with Crippen LogP contribution in [0.25, 0.3) is 5.65 Å². The minimum atomic E-state index is -0.250. The third-order valence-corrected chi connectivity index (χ3v) is 4.40. The van der Waals surface area contributed by atoms with E-state index in [9.17, 15) is 4.79 Å². The summed E-state index contributed by atoms with van der Waals surface area (Å²) >= 11 is 0. The summed E-state index contributed by atoms with van der Waals surface area (Å²) in [5.41, 5.74) is 0.574. The van der Waals surface area contributed by atoms with E-state index in [1.165, 1.54) is 23.7 Å². The minimum Gasteiger partial charge on any atom is -0.368 e. The summed E-state index contributed by atoms with van der Waals surface area (Å²) in [6.45, 7) is 2.66. The van der Waals surface area contributed by atoms with Crippen LogP contribution >= 0.6 is 0 Å². The van der Waals surface area contributed by atoms with E-state index in [1.807, 2.05) is 0 Å². The maximum absolute atomic E-state index is 11.6. The fourth-order valence-electron chi connectivity index (χ4n) is 2.81. The van der Waals surface area contributed by atoms with Crippen molar-refractivity contribution in [1.82, 2.24) is 24.5 Å². The van der Waals surface area contributed by atoms with Gasteiger partial charge < -0.3 is 10.2 Å². The van der Waals surface area contributed by atoms with Gasteiger partial charge in [-0.15, -0.1) is 0 Å². The zero-order valence-corrected chi connectivity index (χ0v) is 12.1. The topological polar surface area (TPSA) is 78.3 Å². The standard InChI is InChI=1S/C13H20N6O/c1-9-15-10(7-11-16-17-12(20)19(9)11)14-8-13(18(2)3)5-4-6-13/h7,14H,4-6,8H2,1-3H3,(H,17,20). The van der Waals surface area contributed by atoms with Gasteiger partial charge in [-0.25, -0.2) is 19.3 Å². The second-order valence-electron chi connectivity index (χ2n) is 5.74. The number of anilines is 1. The molecule has 0 aliphatic heterocycles. The monoisotopic (exact) mass is 276 g/mol. The molecule has 7 nitrogen and oxygen atoms in total. The third-order valence-electron chi connectivity index (χ3n) is 4.40. The summed E-state index contributed by atoms with van der Waals surface area (Å²) < 4.78 is 1.47. The molecule has 1 saturated carbocycles. The molecular weight excluding hydrogens is 256 g/mol. The summed E-state index contributed by atoms with van der Waals surface area (Å²) in [5, 5.41) is 9.82. The fraction of sp³-hybridized carbons (Fsp3) is 0.615. The van der Waals surface area contributed by atoms with Crippen molar-refractivity contribution in [2.45, 2.75) is 31.7 Å². The number of rotatable bonds is 4. The van der Waals surface area contributed by atoms with Gasteiger partial charge in [-0.2, -0.15) is 5.10 Å². The number of aromatic amines is 1. The number of fused-ring (bicyclic) bond motifs is 1. The Kier molecular flexibility index (Phi) is 3.01. The number of aromatic nitrogens is 4. The molecule has 0 amide bonds. The predicted octanol–water partition coefficient (Wildman–Crippen LogP) is 0.622. The van der Waals surface area contributed by atoms with E-state index in [0.29, 0.717) is 11.5 Å². The highest BCUT2D eigenvalue weighted by atomic mass is 16.1. The van der Waals surface area contributed by atoms with E-state index in [-0.39, 0.29) is 11.2 Å². The number of likely N-dealkylation sites (N-methyl/N-ethyl adjacent to an activating group) is 1. The summed E-state index contributed by atoms with van der Waals surface area (Å²) in [4.78, 5) is 18.3. The molecule has 0 aromatic carbocycles. The van der Waals surface area contributed by atoms with Crippen LogP contribution in [0, 0.1) is 6.92 Å². The van der Waals surface area contributed by atoms with Crippen molar-refractivity contribution in [3.63, 3.8) is 0 Å². The minimum absolute atomic E-state index is 0.229. The van der Waals surface area contributed by atoms with Gasteiger partial charge in [-0.1, -0.05) is 0 Å². The first-order valence-corrected chi connectivity index (χ1v) is 6.88. The lowest BCUT2D eigenvalue weighted by molar-refractivity contribution is 0.0738. The lowest BCUT2D eigenvalue weighted by Gasteiger charge is -2.47. The van der Waals surface area contributed by atoms with Crippen molar-refractivity contribution >= 4 is 11.5 Å². The van der Waals surface area contributed by atoms with Gasteiger partial charge in [0, 0.05) is 18.2 Å². The number of H-pyrrole nitrogens is 1. The Labute approximate surface area is 117 Å². The summed E-state index contributed by atoms with van der Waals surface area (Å²) in [5.74, 6) is 1.40. The van der Waals surface area contributed by atoms with Crippen LogP contribution in [0.2, 0.25) is 0 Å². The third kappa shape index (κ3) is 1.98. The Hall–Kier alpha value is -1.89. The van der Waals surface area contributed by atoms with E-state index < -0.39 is 0 Å². The zero-order chi connectivity index (χ0) is 14.3. The Morgan fingerprint density at radius 1 is 1.50 bits per heavy atom. The molecule has 1 aliphatic rings. The van der Waals surface area contributed by atoms with Crippen LogP contribution < -0.4 is 11.0 Å². The van der Waals surface area contributed by atoms with Crippen LogP contribution in [-0.4, -0.2) is 50.7 Å². The van der Waals surface area contributed by atoms with E-state index in [2.05, 4.69) is 39.5 Å². The number of nitrogens with zero attached hydrogens (tertiary/aromatic N) is 4. The molecule has 1 fully saturated rings. The van der Waals surface area contributed by atoms with Crippen molar-refractivity contribution in [3.8, 4) is 0 Å². The van der Waals surface area contributed by atoms with Gasteiger partial charge in [-0.3, -0.25) is 0 Å².